The highest BCUT2D eigenvalue weighted by Crippen LogP contribution is 2.21. The van der Waals surface area contributed by atoms with Gasteiger partial charge in [-0.2, -0.15) is 0 Å². The second-order valence-corrected chi connectivity index (χ2v) is 4.28. The van der Waals surface area contributed by atoms with Gasteiger partial charge in [-0.25, -0.2) is 0 Å². The van der Waals surface area contributed by atoms with Crippen LogP contribution in [0.1, 0.15) is 45.3 Å². The first kappa shape index (κ1) is 14.7. The van der Waals surface area contributed by atoms with E-state index in [0.29, 0.717) is 0 Å². The monoisotopic (exact) mass is 250 g/mol. The molecule has 100 valence electrons. The van der Waals surface area contributed by atoms with Crippen LogP contribution in [0.5, 0.6) is 0 Å². The van der Waals surface area contributed by atoms with Crippen molar-refractivity contribution in [3.8, 4) is 0 Å². The Kier molecular flexibility index (Phi) is 6.44. The fraction of sp³-hybridized carbons (Fsp3) is 0.533. The Hall–Kier alpha value is -1.35. The minimum Gasteiger partial charge on any atom is -0.463 e. The predicted octanol–water partition coefficient (Wildman–Crippen LogP) is 3.50. The van der Waals surface area contributed by atoms with E-state index < -0.39 is 0 Å². The third-order valence-electron chi connectivity index (χ3n) is 2.88. The van der Waals surface area contributed by atoms with Gasteiger partial charge in [0.25, 0.3) is 0 Å². The number of hydrogen-bond acceptors (Lipinski definition) is 3. The fourth-order valence-corrected chi connectivity index (χ4v) is 1.79. The maximum absolute atomic E-state index is 10.9. The number of carbonyl (C=O) groups excluding carboxylic acids is 1. The zero-order valence-corrected chi connectivity index (χ0v) is 11.4. The van der Waals surface area contributed by atoms with Crippen molar-refractivity contribution in [2.75, 3.05) is 6.61 Å². The number of ether oxygens (including phenoxy) is 2. The SMILES string of the molecule is CCC(CC)OC(COC(C)=O)c1ccccc1. The fourth-order valence-electron chi connectivity index (χ4n) is 1.79. The van der Waals surface area contributed by atoms with Crippen molar-refractivity contribution in [1.29, 1.82) is 0 Å². The van der Waals surface area contributed by atoms with Gasteiger partial charge in [0.1, 0.15) is 12.7 Å². The van der Waals surface area contributed by atoms with E-state index in [0.717, 1.165) is 18.4 Å². The zero-order chi connectivity index (χ0) is 13.4. The van der Waals surface area contributed by atoms with Crippen LogP contribution in [0.25, 0.3) is 0 Å². The summed E-state index contributed by atoms with van der Waals surface area (Å²) < 4.78 is 11.1. The molecule has 0 radical (unpaired) electrons. The van der Waals surface area contributed by atoms with Crippen LogP contribution in [-0.2, 0) is 14.3 Å². The minimum absolute atomic E-state index is 0.181. The summed E-state index contributed by atoms with van der Waals surface area (Å²) in [6.07, 6.45) is 1.94. The largest absolute Gasteiger partial charge is 0.463 e. The average molecular weight is 250 g/mol. The minimum atomic E-state index is -0.274. The van der Waals surface area contributed by atoms with E-state index in [1.54, 1.807) is 0 Å². The molecule has 0 aliphatic heterocycles. The van der Waals surface area contributed by atoms with Crippen molar-refractivity contribution in [2.45, 2.75) is 45.8 Å². The number of benzene rings is 1. The highest BCUT2D eigenvalue weighted by Gasteiger charge is 2.17. The van der Waals surface area contributed by atoms with Crippen molar-refractivity contribution in [1.82, 2.24) is 0 Å². The van der Waals surface area contributed by atoms with Crippen LogP contribution in [0.15, 0.2) is 30.3 Å². The molecule has 0 fully saturated rings. The molecule has 0 aliphatic carbocycles. The van der Waals surface area contributed by atoms with E-state index in [4.69, 9.17) is 9.47 Å². The van der Waals surface area contributed by atoms with Crippen LogP contribution >= 0.6 is 0 Å². The molecule has 3 nitrogen and oxygen atoms in total. The summed E-state index contributed by atoms with van der Waals surface area (Å²) in [6, 6.07) is 9.88. The highest BCUT2D eigenvalue weighted by atomic mass is 16.6. The summed E-state index contributed by atoms with van der Waals surface area (Å²) >= 11 is 0. The van der Waals surface area contributed by atoms with Gasteiger partial charge in [0.15, 0.2) is 0 Å². The summed E-state index contributed by atoms with van der Waals surface area (Å²) in [4.78, 5) is 10.9. The summed E-state index contributed by atoms with van der Waals surface area (Å²) in [5, 5.41) is 0. The highest BCUT2D eigenvalue weighted by molar-refractivity contribution is 5.65. The molecule has 18 heavy (non-hydrogen) atoms. The summed E-state index contributed by atoms with van der Waals surface area (Å²) in [7, 11) is 0. The van der Waals surface area contributed by atoms with Crippen LogP contribution < -0.4 is 0 Å². The molecular weight excluding hydrogens is 228 g/mol. The zero-order valence-electron chi connectivity index (χ0n) is 11.4. The molecule has 0 heterocycles. The van der Waals surface area contributed by atoms with Crippen LogP contribution in [0.4, 0.5) is 0 Å². The molecule has 0 saturated carbocycles. The Morgan fingerprint density at radius 2 is 1.78 bits per heavy atom. The summed E-state index contributed by atoms with van der Waals surface area (Å²) in [5.41, 5.74) is 1.05. The average Bonchev–Trinajstić information content (AvgIpc) is 2.40. The second kappa shape index (κ2) is 7.88. The van der Waals surface area contributed by atoms with Gasteiger partial charge in [-0.1, -0.05) is 44.2 Å². The lowest BCUT2D eigenvalue weighted by Gasteiger charge is -2.23. The van der Waals surface area contributed by atoms with Gasteiger partial charge in [0.2, 0.25) is 0 Å². The van der Waals surface area contributed by atoms with Crippen LogP contribution in [0, 0.1) is 0 Å². The molecule has 0 aromatic heterocycles. The molecule has 0 aliphatic rings. The van der Waals surface area contributed by atoms with Gasteiger partial charge in [0.05, 0.1) is 6.10 Å². The number of rotatable bonds is 7. The van der Waals surface area contributed by atoms with Crippen LogP contribution in [0.2, 0.25) is 0 Å². The summed E-state index contributed by atoms with van der Waals surface area (Å²) in [6.45, 7) is 5.89. The first-order valence-corrected chi connectivity index (χ1v) is 6.51. The Labute approximate surface area is 109 Å². The lowest BCUT2D eigenvalue weighted by Crippen LogP contribution is -2.20. The van der Waals surface area contributed by atoms with Gasteiger partial charge in [0, 0.05) is 6.92 Å². The van der Waals surface area contributed by atoms with Crippen molar-refractivity contribution in [3.05, 3.63) is 35.9 Å². The normalized spacial score (nSPS) is 12.4. The Morgan fingerprint density at radius 3 is 2.28 bits per heavy atom. The predicted molar refractivity (Wildman–Crippen MR) is 71.3 cm³/mol. The van der Waals surface area contributed by atoms with Gasteiger partial charge in [-0.05, 0) is 18.4 Å². The van der Waals surface area contributed by atoms with Crippen LogP contribution in [-0.4, -0.2) is 18.7 Å². The molecule has 0 bridgehead atoms. The number of esters is 1. The molecule has 0 amide bonds. The molecule has 1 rings (SSSR count). The van der Waals surface area contributed by atoms with E-state index in [1.165, 1.54) is 6.92 Å². The van der Waals surface area contributed by atoms with Crippen molar-refractivity contribution >= 4 is 5.97 Å². The first-order valence-electron chi connectivity index (χ1n) is 6.51. The molecule has 0 saturated heterocycles. The lowest BCUT2D eigenvalue weighted by atomic mass is 10.1. The molecule has 0 spiro atoms. The maximum Gasteiger partial charge on any atom is 0.302 e. The van der Waals surface area contributed by atoms with Crippen molar-refractivity contribution in [2.24, 2.45) is 0 Å². The quantitative estimate of drug-likeness (QED) is 0.695. The lowest BCUT2D eigenvalue weighted by molar-refractivity contribution is -0.147. The van der Waals surface area contributed by atoms with Gasteiger partial charge in [-0.15, -0.1) is 0 Å². The maximum atomic E-state index is 10.9. The van der Waals surface area contributed by atoms with E-state index in [9.17, 15) is 4.79 Å². The standard InChI is InChI=1S/C15H22O3/c1-4-14(5-2)18-15(11-17-12(3)16)13-9-7-6-8-10-13/h6-10,14-15H,4-5,11H2,1-3H3. The summed E-state index contributed by atoms with van der Waals surface area (Å²) in [5.74, 6) is -0.274. The Morgan fingerprint density at radius 1 is 1.17 bits per heavy atom. The Balaban J connectivity index is 2.71. The molecule has 1 atom stereocenters. The second-order valence-electron chi connectivity index (χ2n) is 4.28. The number of carbonyl (C=O) groups is 1. The van der Waals surface area contributed by atoms with Crippen LogP contribution in [0.3, 0.4) is 0 Å². The Bertz CT molecular complexity index is 344. The van der Waals surface area contributed by atoms with E-state index in [1.807, 2.05) is 30.3 Å². The molecular formula is C15H22O3. The third-order valence-corrected chi connectivity index (χ3v) is 2.88. The van der Waals surface area contributed by atoms with Crippen molar-refractivity contribution in [3.63, 3.8) is 0 Å². The topological polar surface area (TPSA) is 35.5 Å². The van der Waals surface area contributed by atoms with Gasteiger partial charge < -0.3 is 9.47 Å². The number of hydrogen-bond donors (Lipinski definition) is 0. The van der Waals surface area contributed by atoms with Gasteiger partial charge in [-0.3, -0.25) is 4.79 Å². The van der Waals surface area contributed by atoms with E-state index in [2.05, 4.69) is 13.8 Å². The molecule has 1 aromatic rings. The van der Waals surface area contributed by atoms with Gasteiger partial charge >= 0.3 is 5.97 Å². The van der Waals surface area contributed by atoms with Crippen molar-refractivity contribution < 1.29 is 14.3 Å². The first-order chi connectivity index (χ1) is 8.67. The third kappa shape index (κ3) is 4.88. The van der Waals surface area contributed by atoms with E-state index in [-0.39, 0.29) is 24.8 Å². The molecule has 1 unspecified atom stereocenters. The molecule has 3 heteroatoms. The molecule has 1 aromatic carbocycles. The molecule has 0 N–H and O–H groups in total. The smallest absolute Gasteiger partial charge is 0.302 e. The van der Waals surface area contributed by atoms with E-state index >= 15 is 0 Å².